The first kappa shape index (κ1) is 10.4. The molecule has 0 saturated carbocycles. The number of amides is 1. The molecule has 74 valence electrons. The number of hydrogen-bond donors (Lipinski definition) is 1. The van der Waals surface area contributed by atoms with Crippen molar-refractivity contribution in [3.8, 4) is 0 Å². The van der Waals surface area contributed by atoms with E-state index in [0.717, 1.165) is 0 Å². The van der Waals surface area contributed by atoms with E-state index in [1.165, 1.54) is 13.8 Å². The van der Waals surface area contributed by atoms with Gasteiger partial charge in [-0.1, -0.05) is 6.07 Å². The van der Waals surface area contributed by atoms with Gasteiger partial charge in [0.05, 0.1) is 12.2 Å². The van der Waals surface area contributed by atoms with E-state index in [4.69, 9.17) is 0 Å². The van der Waals surface area contributed by atoms with Crippen LogP contribution in [0.2, 0.25) is 0 Å². The Bertz CT molecular complexity index is 361. The predicted molar refractivity (Wildman–Crippen MR) is 51.8 cm³/mol. The van der Waals surface area contributed by atoms with Gasteiger partial charge in [0.2, 0.25) is 5.91 Å². The lowest BCUT2D eigenvalue weighted by atomic mass is 10.2. The lowest BCUT2D eigenvalue weighted by molar-refractivity contribution is -0.119. The van der Waals surface area contributed by atoms with Crippen molar-refractivity contribution in [2.24, 2.45) is 0 Å². The summed E-state index contributed by atoms with van der Waals surface area (Å²) in [7, 11) is 0. The average molecular weight is 192 g/mol. The molecule has 1 aromatic rings. The SMILES string of the molecule is CC(=O)NCc1cccc(C(C)=O)n1. The monoisotopic (exact) mass is 192 g/mol. The molecular weight excluding hydrogens is 180 g/mol. The molecular formula is C10H12N2O2. The highest BCUT2D eigenvalue weighted by atomic mass is 16.1. The fourth-order valence-corrected chi connectivity index (χ4v) is 0.989. The second kappa shape index (κ2) is 4.50. The summed E-state index contributed by atoms with van der Waals surface area (Å²) in [6.07, 6.45) is 0. The fraction of sp³-hybridized carbons (Fsp3) is 0.300. The number of hydrogen-bond acceptors (Lipinski definition) is 3. The minimum absolute atomic E-state index is 0.0744. The van der Waals surface area contributed by atoms with Crippen LogP contribution in [0, 0.1) is 0 Å². The first-order valence-electron chi connectivity index (χ1n) is 4.31. The van der Waals surface area contributed by atoms with Gasteiger partial charge in [-0.3, -0.25) is 9.59 Å². The summed E-state index contributed by atoms with van der Waals surface area (Å²) in [6, 6.07) is 5.17. The van der Waals surface area contributed by atoms with Crippen LogP contribution in [0.25, 0.3) is 0 Å². The van der Waals surface area contributed by atoms with E-state index < -0.39 is 0 Å². The van der Waals surface area contributed by atoms with Crippen LogP contribution in [0.4, 0.5) is 0 Å². The molecule has 0 radical (unpaired) electrons. The third kappa shape index (κ3) is 2.97. The summed E-state index contributed by atoms with van der Waals surface area (Å²) < 4.78 is 0. The predicted octanol–water partition coefficient (Wildman–Crippen LogP) is 0.920. The van der Waals surface area contributed by atoms with Crippen molar-refractivity contribution in [1.82, 2.24) is 10.3 Å². The number of nitrogens with zero attached hydrogens (tertiary/aromatic N) is 1. The summed E-state index contributed by atoms with van der Waals surface area (Å²) in [6.45, 7) is 3.26. The Hall–Kier alpha value is -1.71. The minimum Gasteiger partial charge on any atom is -0.351 e. The molecule has 14 heavy (non-hydrogen) atoms. The minimum atomic E-state index is -0.111. The number of ketones is 1. The maximum Gasteiger partial charge on any atom is 0.217 e. The second-order valence-electron chi connectivity index (χ2n) is 2.98. The summed E-state index contributed by atoms with van der Waals surface area (Å²) in [5.74, 6) is -0.185. The molecule has 0 aliphatic carbocycles. The Kier molecular flexibility index (Phi) is 3.34. The van der Waals surface area contributed by atoms with Crippen LogP contribution in [0.1, 0.15) is 30.0 Å². The third-order valence-electron chi connectivity index (χ3n) is 1.69. The zero-order valence-electron chi connectivity index (χ0n) is 8.20. The molecule has 1 heterocycles. The molecule has 1 amide bonds. The molecule has 1 aromatic heterocycles. The number of pyridine rings is 1. The van der Waals surface area contributed by atoms with Crippen LogP contribution in [0.5, 0.6) is 0 Å². The normalized spacial score (nSPS) is 9.57. The average Bonchev–Trinajstić information content (AvgIpc) is 2.15. The van der Waals surface area contributed by atoms with Crippen LogP contribution in [0.15, 0.2) is 18.2 Å². The molecule has 0 aromatic carbocycles. The molecule has 4 nitrogen and oxygen atoms in total. The number of carbonyl (C=O) groups is 2. The molecule has 4 heteroatoms. The maximum atomic E-state index is 11.0. The lowest BCUT2D eigenvalue weighted by Gasteiger charge is -2.02. The molecule has 0 atom stereocenters. The van der Waals surface area contributed by atoms with Crippen molar-refractivity contribution in [2.75, 3.05) is 0 Å². The van der Waals surface area contributed by atoms with E-state index in [9.17, 15) is 9.59 Å². The molecule has 1 N–H and O–H groups in total. The highest BCUT2D eigenvalue weighted by Gasteiger charge is 2.02. The summed E-state index contributed by atoms with van der Waals surface area (Å²) in [5.41, 5.74) is 1.11. The van der Waals surface area contributed by atoms with Crippen LogP contribution >= 0.6 is 0 Å². The van der Waals surface area contributed by atoms with Gasteiger partial charge >= 0.3 is 0 Å². The van der Waals surface area contributed by atoms with E-state index in [2.05, 4.69) is 10.3 Å². The number of rotatable bonds is 3. The Morgan fingerprint density at radius 1 is 1.36 bits per heavy atom. The Morgan fingerprint density at radius 2 is 2.07 bits per heavy atom. The van der Waals surface area contributed by atoms with E-state index in [1.807, 2.05) is 0 Å². The zero-order valence-corrected chi connectivity index (χ0v) is 8.20. The smallest absolute Gasteiger partial charge is 0.217 e. The summed E-state index contributed by atoms with van der Waals surface area (Å²) in [4.78, 5) is 25.7. The maximum absolute atomic E-state index is 11.0. The van der Waals surface area contributed by atoms with Crippen LogP contribution in [-0.2, 0) is 11.3 Å². The Morgan fingerprint density at radius 3 is 2.64 bits per heavy atom. The molecule has 0 bridgehead atoms. The topological polar surface area (TPSA) is 59.1 Å². The van der Waals surface area contributed by atoms with Gasteiger partial charge in [0.15, 0.2) is 5.78 Å². The molecule has 0 fully saturated rings. The number of aromatic nitrogens is 1. The largest absolute Gasteiger partial charge is 0.351 e. The standard InChI is InChI=1S/C10H12N2O2/c1-7(13)10-5-3-4-9(12-10)6-11-8(2)14/h3-5H,6H2,1-2H3,(H,11,14). The molecule has 0 spiro atoms. The van der Waals surface area contributed by atoms with E-state index in [1.54, 1.807) is 18.2 Å². The Labute approximate surface area is 82.3 Å². The molecule has 0 aliphatic heterocycles. The highest BCUT2D eigenvalue weighted by molar-refractivity contribution is 5.92. The number of carbonyl (C=O) groups excluding carboxylic acids is 2. The van der Waals surface area contributed by atoms with Gasteiger partial charge in [-0.15, -0.1) is 0 Å². The van der Waals surface area contributed by atoms with Crippen molar-refractivity contribution in [3.63, 3.8) is 0 Å². The molecule has 0 unspecified atom stereocenters. The van der Waals surface area contributed by atoms with Gasteiger partial charge in [-0.25, -0.2) is 4.98 Å². The quantitative estimate of drug-likeness (QED) is 0.724. The van der Waals surface area contributed by atoms with E-state index in [0.29, 0.717) is 17.9 Å². The van der Waals surface area contributed by atoms with Gasteiger partial charge in [-0.2, -0.15) is 0 Å². The first-order valence-corrected chi connectivity index (χ1v) is 4.31. The molecule has 0 saturated heterocycles. The van der Waals surface area contributed by atoms with Gasteiger partial charge in [0.25, 0.3) is 0 Å². The van der Waals surface area contributed by atoms with Crippen molar-refractivity contribution in [3.05, 3.63) is 29.6 Å². The molecule has 0 aliphatic rings. The van der Waals surface area contributed by atoms with Crippen molar-refractivity contribution in [1.29, 1.82) is 0 Å². The molecule has 1 rings (SSSR count). The van der Waals surface area contributed by atoms with Crippen LogP contribution in [-0.4, -0.2) is 16.7 Å². The second-order valence-corrected chi connectivity index (χ2v) is 2.98. The first-order chi connectivity index (χ1) is 6.59. The van der Waals surface area contributed by atoms with Gasteiger partial charge in [0.1, 0.15) is 5.69 Å². The highest BCUT2D eigenvalue weighted by Crippen LogP contribution is 1.99. The van der Waals surface area contributed by atoms with Crippen molar-refractivity contribution in [2.45, 2.75) is 20.4 Å². The van der Waals surface area contributed by atoms with Crippen molar-refractivity contribution >= 4 is 11.7 Å². The van der Waals surface area contributed by atoms with Crippen LogP contribution in [0.3, 0.4) is 0 Å². The summed E-state index contributed by atoms with van der Waals surface area (Å²) in [5, 5.41) is 2.62. The van der Waals surface area contributed by atoms with E-state index in [-0.39, 0.29) is 11.7 Å². The van der Waals surface area contributed by atoms with Crippen LogP contribution < -0.4 is 5.32 Å². The lowest BCUT2D eigenvalue weighted by Crippen LogP contribution is -2.20. The third-order valence-corrected chi connectivity index (χ3v) is 1.69. The fourth-order valence-electron chi connectivity index (χ4n) is 0.989. The van der Waals surface area contributed by atoms with Gasteiger partial charge < -0.3 is 5.32 Å². The Balaban J connectivity index is 2.73. The zero-order chi connectivity index (χ0) is 10.6. The number of Topliss-reactive ketones (excluding diaryl/α,β-unsaturated/α-hetero) is 1. The van der Waals surface area contributed by atoms with Gasteiger partial charge in [0, 0.05) is 13.8 Å². The van der Waals surface area contributed by atoms with E-state index >= 15 is 0 Å². The van der Waals surface area contributed by atoms with Crippen molar-refractivity contribution < 1.29 is 9.59 Å². The van der Waals surface area contributed by atoms with Gasteiger partial charge in [-0.05, 0) is 12.1 Å². The number of nitrogens with one attached hydrogen (secondary N) is 1. The summed E-state index contributed by atoms with van der Waals surface area (Å²) >= 11 is 0.